The molecule has 2 aromatic carbocycles. The summed E-state index contributed by atoms with van der Waals surface area (Å²) < 4.78 is 16.3. The van der Waals surface area contributed by atoms with Crippen molar-refractivity contribution >= 4 is 16.9 Å². The van der Waals surface area contributed by atoms with E-state index in [1.165, 1.54) is 0 Å². The molecule has 1 aliphatic heterocycles. The van der Waals surface area contributed by atoms with Crippen LogP contribution >= 0.6 is 0 Å². The van der Waals surface area contributed by atoms with Crippen molar-refractivity contribution < 1.29 is 18.7 Å². The molecule has 1 amide bonds. The van der Waals surface area contributed by atoms with Crippen LogP contribution in [-0.4, -0.2) is 62.7 Å². The normalized spacial score (nSPS) is 14.7. The highest BCUT2D eigenvalue weighted by Crippen LogP contribution is 2.25. The molecule has 0 bridgehead atoms. The van der Waals surface area contributed by atoms with Gasteiger partial charge in [0.25, 0.3) is 5.91 Å². The van der Waals surface area contributed by atoms with Crippen LogP contribution in [0.4, 0.5) is 0 Å². The number of rotatable bonds is 5. The monoisotopic (exact) mass is 408 g/mol. The van der Waals surface area contributed by atoms with E-state index in [1.54, 1.807) is 49.6 Å². The Bertz CT molecular complexity index is 1100. The van der Waals surface area contributed by atoms with Gasteiger partial charge in [0, 0.05) is 31.6 Å². The van der Waals surface area contributed by atoms with E-state index in [4.69, 9.17) is 13.9 Å². The van der Waals surface area contributed by atoms with E-state index in [-0.39, 0.29) is 12.5 Å². The second-order valence-electron chi connectivity index (χ2n) is 7.35. The van der Waals surface area contributed by atoms with Crippen LogP contribution in [0.3, 0.4) is 0 Å². The van der Waals surface area contributed by atoms with E-state index in [1.807, 2.05) is 18.0 Å². The van der Waals surface area contributed by atoms with Gasteiger partial charge in [-0.25, -0.2) is 4.79 Å². The summed E-state index contributed by atoms with van der Waals surface area (Å²) in [5, 5.41) is 0.780. The molecule has 0 aliphatic carbocycles. The molecule has 0 N–H and O–H groups in total. The van der Waals surface area contributed by atoms with Gasteiger partial charge in [-0.1, -0.05) is 12.1 Å². The molecule has 0 unspecified atom stereocenters. The molecule has 0 saturated carbocycles. The average molecular weight is 408 g/mol. The second kappa shape index (κ2) is 8.59. The summed E-state index contributed by atoms with van der Waals surface area (Å²) in [5.74, 6) is 1.25. The van der Waals surface area contributed by atoms with Gasteiger partial charge < -0.3 is 23.7 Å². The Morgan fingerprint density at radius 1 is 1.00 bits per heavy atom. The summed E-state index contributed by atoms with van der Waals surface area (Å²) in [6, 6.07) is 14.2. The van der Waals surface area contributed by atoms with Crippen molar-refractivity contribution in [3.63, 3.8) is 0 Å². The zero-order chi connectivity index (χ0) is 21.1. The summed E-state index contributed by atoms with van der Waals surface area (Å²) in [4.78, 5) is 28.7. The minimum atomic E-state index is -0.411. The molecule has 0 spiro atoms. The van der Waals surface area contributed by atoms with E-state index in [9.17, 15) is 9.59 Å². The fraction of sp³-hybridized carbons (Fsp3) is 0.304. The number of carbonyl (C=O) groups is 1. The molecule has 1 aromatic heterocycles. The van der Waals surface area contributed by atoms with Crippen LogP contribution in [0, 0.1) is 0 Å². The first-order chi connectivity index (χ1) is 14.5. The number of likely N-dealkylation sites (N-methyl/N-ethyl adjacent to an activating group) is 1. The lowest BCUT2D eigenvalue weighted by Crippen LogP contribution is -2.48. The molecule has 1 saturated heterocycles. The molecule has 0 radical (unpaired) electrons. The number of nitrogens with zero attached hydrogens (tertiary/aromatic N) is 2. The van der Waals surface area contributed by atoms with E-state index < -0.39 is 5.63 Å². The number of amides is 1. The van der Waals surface area contributed by atoms with E-state index >= 15 is 0 Å². The SMILES string of the molecule is COc1ccc2oc(=O)c(-c3ccc(OCC(=O)N4CCN(C)CC4)cc3)cc2c1. The van der Waals surface area contributed by atoms with Gasteiger partial charge in [-0.3, -0.25) is 4.79 Å². The van der Waals surface area contributed by atoms with Crippen molar-refractivity contribution in [2.24, 2.45) is 0 Å². The van der Waals surface area contributed by atoms with Crippen LogP contribution in [-0.2, 0) is 4.79 Å². The number of benzene rings is 2. The Hall–Kier alpha value is -3.32. The first-order valence-corrected chi connectivity index (χ1v) is 9.85. The smallest absolute Gasteiger partial charge is 0.344 e. The van der Waals surface area contributed by atoms with Crippen molar-refractivity contribution in [1.82, 2.24) is 9.80 Å². The number of piperazine rings is 1. The number of hydrogen-bond donors (Lipinski definition) is 0. The second-order valence-corrected chi connectivity index (χ2v) is 7.35. The highest BCUT2D eigenvalue weighted by molar-refractivity contribution is 5.83. The number of fused-ring (bicyclic) bond motifs is 1. The maximum atomic E-state index is 12.4. The highest BCUT2D eigenvalue weighted by atomic mass is 16.5. The van der Waals surface area contributed by atoms with Crippen molar-refractivity contribution in [2.45, 2.75) is 0 Å². The van der Waals surface area contributed by atoms with Crippen LogP contribution in [0.15, 0.2) is 57.7 Å². The lowest BCUT2D eigenvalue weighted by Gasteiger charge is -2.32. The van der Waals surface area contributed by atoms with Gasteiger partial charge in [0.15, 0.2) is 6.61 Å². The van der Waals surface area contributed by atoms with Crippen molar-refractivity contribution in [1.29, 1.82) is 0 Å². The summed E-state index contributed by atoms with van der Waals surface area (Å²) in [7, 11) is 3.64. The minimum Gasteiger partial charge on any atom is -0.497 e. The number of ether oxygens (including phenoxy) is 2. The van der Waals surface area contributed by atoms with Gasteiger partial charge in [0.05, 0.1) is 12.7 Å². The summed E-state index contributed by atoms with van der Waals surface area (Å²) in [6.45, 7) is 3.20. The zero-order valence-electron chi connectivity index (χ0n) is 17.1. The summed E-state index contributed by atoms with van der Waals surface area (Å²) in [5.41, 5.74) is 1.26. The predicted molar refractivity (Wildman–Crippen MR) is 114 cm³/mol. The molecule has 3 aromatic rings. The fourth-order valence-electron chi connectivity index (χ4n) is 3.45. The molecule has 1 fully saturated rings. The predicted octanol–water partition coefficient (Wildman–Crippen LogP) is 2.62. The third-order valence-electron chi connectivity index (χ3n) is 5.32. The fourth-order valence-corrected chi connectivity index (χ4v) is 3.45. The van der Waals surface area contributed by atoms with E-state index in [0.717, 1.165) is 31.6 Å². The molecular weight excluding hydrogens is 384 g/mol. The lowest BCUT2D eigenvalue weighted by molar-refractivity contribution is -0.134. The Morgan fingerprint density at radius 2 is 1.70 bits per heavy atom. The molecular formula is C23H24N2O5. The third-order valence-corrected chi connectivity index (χ3v) is 5.32. The van der Waals surface area contributed by atoms with Gasteiger partial charge in [-0.15, -0.1) is 0 Å². The molecule has 0 atom stereocenters. The number of methoxy groups -OCH3 is 1. The lowest BCUT2D eigenvalue weighted by atomic mass is 10.1. The topological polar surface area (TPSA) is 72.2 Å². The average Bonchev–Trinajstić information content (AvgIpc) is 2.77. The standard InChI is InChI=1S/C23H24N2O5/c1-24-9-11-25(12-10-24)22(26)15-29-18-5-3-16(4-6-18)20-14-17-13-19(28-2)7-8-21(17)30-23(20)27/h3-8,13-14H,9-12,15H2,1-2H3. The Kier molecular flexibility index (Phi) is 5.72. The summed E-state index contributed by atoms with van der Waals surface area (Å²) >= 11 is 0. The number of carbonyl (C=O) groups excluding carboxylic acids is 1. The molecule has 30 heavy (non-hydrogen) atoms. The van der Waals surface area contributed by atoms with Gasteiger partial charge >= 0.3 is 5.63 Å². The molecule has 2 heterocycles. The molecule has 7 heteroatoms. The minimum absolute atomic E-state index is 0.000961. The van der Waals surface area contributed by atoms with E-state index in [0.29, 0.717) is 28.2 Å². The van der Waals surface area contributed by atoms with Crippen molar-refractivity contribution in [3.8, 4) is 22.6 Å². The van der Waals surface area contributed by atoms with Gasteiger partial charge in [0.2, 0.25) is 0 Å². The summed E-state index contributed by atoms with van der Waals surface area (Å²) in [6.07, 6.45) is 0. The maximum Gasteiger partial charge on any atom is 0.344 e. The van der Waals surface area contributed by atoms with Crippen LogP contribution < -0.4 is 15.1 Å². The van der Waals surface area contributed by atoms with Crippen LogP contribution in [0.2, 0.25) is 0 Å². The molecule has 7 nitrogen and oxygen atoms in total. The Labute approximate surface area is 174 Å². The molecule has 4 rings (SSSR count). The zero-order valence-corrected chi connectivity index (χ0v) is 17.1. The molecule has 1 aliphatic rings. The highest BCUT2D eigenvalue weighted by Gasteiger charge is 2.19. The van der Waals surface area contributed by atoms with E-state index in [2.05, 4.69) is 4.90 Å². The Balaban J connectivity index is 1.46. The van der Waals surface area contributed by atoms with Crippen molar-refractivity contribution in [3.05, 3.63) is 59.0 Å². The van der Waals surface area contributed by atoms with Gasteiger partial charge in [0.1, 0.15) is 17.1 Å². The van der Waals surface area contributed by atoms with Crippen molar-refractivity contribution in [2.75, 3.05) is 46.9 Å². The van der Waals surface area contributed by atoms with Crippen LogP contribution in [0.5, 0.6) is 11.5 Å². The Morgan fingerprint density at radius 3 is 2.40 bits per heavy atom. The van der Waals surface area contributed by atoms with Crippen LogP contribution in [0.25, 0.3) is 22.1 Å². The van der Waals surface area contributed by atoms with Crippen LogP contribution in [0.1, 0.15) is 0 Å². The first-order valence-electron chi connectivity index (χ1n) is 9.85. The maximum absolute atomic E-state index is 12.4. The largest absolute Gasteiger partial charge is 0.497 e. The number of hydrogen-bond acceptors (Lipinski definition) is 6. The van der Waals surface area contributed by atoms with Gasteiger partial charge in [-0.2, -0.15) is 0 Å². The first kappa shape index (κ1) is 20.0. The third kappa shape index (κ3) is 4.31. The molecule has 156 valence electrons. The quantitative estimate of drug-likeness (QED) is 0.605. The van der Waals surface area contributed by atoms with Gasteiger partial charge in [-0.05, 0) is 49.0 Å².